The maximum absolute atomic E-state index is 13.5. The van der Waals surface area contributed by atoms with Crippen LogP contribution in [0.3, 0.4) is 0 Å². The number of ketones is 2. The summed E-state index contributed by atoms with van der Waals surface area (Å²) in [6.07, 6.45) is 1.90. The monoisotopic (exact) mass is 444 g/mol. The number of carbonyl (C=O) groups is 2. The molecule has 1 aliphatic carbocycles. The topological polar surface area (TPSA) is 64.7 Å². The second-order valence-electron chi connectivity index (χ2n) is 8.28. The van der Waals surface area contributed by atoms with E-state index in [1.807, 2.05) is 52.5 Å². The molecule has 3 rings (SSSR count). The van der Waals surface area contributed by atoms with Gasteiger partial charge in [-0.3, -0.25) is 9.59 Å². The zero-order valence-corrected chi connectivity index (χ0v) is 19.6. The molecule has 0 saturated heterocycles. The van der Waals surface area contributed by atoms with E-state index in [-0.39, 0.29) is 24.0 Å². The average molecular weight is 445 g/mol. The molecule has 0 fully saturated rings. The van der Waals surface area contributed by atoms with Crippen LogP contribution in [0.4, 0.5) is 11.4 Å². The molecule has 6 nitrogen and oxygen atoms in total. The highest BCUT2D eigenvalue weighted by molar-refractivity contribution is 6.31. The van der Waals surface area contributed by atoms with Gasteiger partial charge in [-0.15, -0.1) is 12.4 Å². The zero-order chi connectivity index (χ0) is 21.7. The lowest BCUT2D eigenvalue weighted by Gasteiger charge is -2.23. The molecule has 0 amide bonds. The van der Waals surface area contributed by atoms with Crippen LogP contribution in [0.15, 0.2) is 36.4 Å². The number of halogens is 1. The Morgan fingerprint density at radius 1 is 0.677 bits per heavy atom. The van der Waals surface area contributed by atoms with Crippen molar-refractivity contribution in [2.24, 2.45) is 0 Å². The van der Waals surface area contributed by atoms with Gasteiger partial charge in [-0.2, -0.15) is 0 Å². The Kier molecular flexibility index (Phi) is 9.04. The maximum Gasteiger partial charge on any atom is 0.198 e. The minimum atomic E-state index is -0.0916. The molecule has 0 bridgehead atoms. The number of hydrogen-bond donors (Lipinski definition) is 2. The highest BCUT2D eigenvalue weighted by Gasteiger charge is 2.33. The first-order valence-electron chi connectivity index (χ1n) is 10.5. The van der Waals surface area contributed by atoms with E-state index in [1.54, 1.807) is 12.1 Å². The number of rotatable bonds is 10. The summed E-state index contributed by atoms with van der Waals surface area (Å²) in [5.41, 5.74) is 3.41. The van der Waals surface area contributed by atoms with Gasteiger partial charge in [-0.05, 0) is 66.3 Å². The fourth-order valence-electron chi connectivity index (χ4n) is 3.77. The van der Waals surface area contributed by atoms with Gasteiger partial charge >= 0.3 is 0 Å². The number of benzene rings is 2. The predicted octanol–water partition coefficient (Wildman–Crippen LogP) is 3.61. The van der Waals surface area contributed by atoms with Gasteiger partial charge in [0.05, 0.1) is 11.1 Å². The molecule has 0 unspecified atom stereocenters. The Morgan fingerprint density at radius 2 is 1.10 bits per heavy atom. The average Bonchev–Trinajstić information content (AvgIpc) is 2.72. The molecule has 0 aromatic heterocycles. The van der Waals surface area contributed by atoms with Gasteiger partial charge in [0.15, 0.2) is 11.6 Å². The van der Waals surface area contributed by atoms with E-state index in [1.165, 1.54) is 0 Å². The van der Waals surface area contributed by atoms with Crippen LogP contribution in [-0.2, 0) is 0 Å². The molecule has 0 saturated carbocycles. The van der Waals surface area contributed by atoms with E-state index in [4.69, 9.17) is 0 Å². The van der Waals surface area contributed by atoms with Gasteiger partial charge in [0, 0.05) is 35.6 Å². The number of carbonyl (C=O) groups excluding carboxylic acids is 2. The second kappa shape index (κ2) is 11.3. The minimum absolute atomic E-state index is 0. The summed E-state index contributed by atoms with van der Waals surface area (Å²) in [5, 5.41) is 6.74. The Hall–Kier alpha value is -2.41. The van der Waals surface area contributed by atoms with E-state index in [9.17, 15) is 9.59 Å². The van der Waals surface area contributed by atoms with E-state index in [0.717, 1.165) is 50.4 Å². The Morgan fingerprint density at radius 3 is 1.48 bits per heavy atom. The quantitative estimate of drug-likeness (QED) is 0.466. The Bertz CT molecular complexity index is 856. The van der Waals surface area contributed by atoms with Crippen LogP contribution >= 0.6 is 12.4 Å². The van der Waals surface area contributed by atoms with E-state index < -0.39 is 0 Å². The third-order valence-corrected chi connectivity index (χ3v) is 5.27. The highest BCUT2D eigenvalue weighted by atomic mass is 35.5. The molecule has 7 heteroatoms. The first-order chi connectivity index (χ1) is 14.4. The molecule has 0 atom stereocenters. The molecular weight excluding hydrogens is 412 g/mol. The second-order valence-corrected chi connectivity index (χ2v) is 8.28. The lowest BCUT2D eigenvalue weighted by Crippen LogP contribution is -2.25. The molecule has 2 aromatic carbocycles. The first kappa shape index (κ1) is 24.9. The van der Waals surface area contributed by atoms with Crippen molar-refractivity contribution in [1.82, 2.24) is 9.80 Å². The number of nitrogens with zero attached hydrogens (tertiary/aromatic N) is 2. The van der Waals surface area contributed by atoms with Crippen molar-refractivity contribution >= 4 is 35.3 Å². The summed E-state index contributed by atoms with van der Waals surface area (Å²) in [4.78, 5) is 31.0. The summed E-state index contributed by atoms with van der Waals surface area (Å²) in [6.45, 7) is 3.40. The molecule has 0 heterocycles. The van der Waals surface area contributed by atoms with Crippen LogP contribution in [-0.4, -0.2) is 75.7 Å². The van der Waals surface area contributed by atoms with Gasteiger partial charge in [0.25, 0.3) is 0 Å². The smallest absolute Gasteiger partial charge is 0.198 e. The predicted molar refractivity (Wildman–Crippen MR) is 130 cm³/mol. The molecule has 0 radical (unpaired) electrons. The summed E-state index contributed by atoms with van der Waals surface area (Å²) in [7, 11) is 8.15. The summed E-state index contributed by atoms with van der Waals surface area (Å²) in [6, 6.07) is 11.0. The fraction of sp³-hybridized carbons (Fsp3) is 0.417. The molecule has 2 N–H and O–H groups in total. The molecule has 31 heavy (non-hydrogen) atoms. The van der Waals surface area contributed by atoms with Gasteiger partial charge in [0.2, 0.25) is 0 Å². The van der Waals surface area contributed by atoms with Crippen molar-refractivity contribution in [2.45, 2.75) is 12.8 Å². The van der Waals surface area contributed by atoms with Gasteiger partial charge in [-0.1, -0.05) is 24.3 Å². The van der Waals surface area contributed by atoms with Crippen molar-refractivity contribution in [2.75, 3.05) is 65.0 Å². The molecule has 2 aromatic rings. The number of hydrogen-bond acceptors (Lipinski definition) is 6. The molecule has 168 valence electrons. The van der Waals surface area contributed by atoms with Crippen molar-refractivity contribution in [3.8, 4) is 0 Å². The van der Waals surface area contributed by atoms with E-state index >= 15 is 0 Å². The summed E-state index contributed by atoms with van der Waals surface area (Å²) in [5.74, 6) is -0.181. The largest absolute Gasteiger partial charge is 0.384 e. The molecule has 0 aliphatic heterocycles. The van der Waals surface area contributed by atoms with Crippen molar-refractivity contribution < 1.29 is 9.59 Å². The van der Waals surface area contributed by atoms with E-state index in [2.05, 4.69) is 20.4 Å². The Balaban J connectivity index is 0.00000341. The molecular formula is C24H33ClN4O2. The standard InChI is InChI=1S/C24H32N4O2.ClH/c1-27(2)15-7-13-25-19-11-5-9-17-21(19)24(30)22-18(23(17)29)10-6-12-20(22)26-14-8-16-28(3)4;/h5-6,9-12,25-26H,7-8,13-16H2,1-4H3;1H. The molecule has 0 spiro atoms. The zero-order valence-electron chi connectivity index (χ0n) is 18.8. The maximum atomic E-state index is 13.5. The van der Waals surface area contributed by atoms with Crippen molar-refractivity contribution in [3.05, 3.63) is 58.7 Å². The third kappa shape index (κ3) is 5.85. The van der Waals surface area contributed by atoms with E-state index in [0.29, 0.717) is 22.3 Å². The Labute approximate surface area is 191 Å². The fourth-order valence-corrected chi connectivity index (χ4v) is 3.77. The van der Waals surface area contributed by atoms with Crippen molar-refractivity contribution in [1.29, 1.82) is 0 Å². The minimum Gasteiger partial charge on any atom is -0.384 e. The molecule has 1 aliphatic rings. The summed E-state index contributed by atoms with van der Waals surface area (Å²) < 4.78 is 0. The number of anilines is 2. The van der Waals surface area contributed by atoms with Crippen LogP contribution in [0.1, 0.15) is 44.7 Å². The lowest BCUT2D eigenvalue weighted by atomic mass is 9.82. The third-order valence-electron chi connectivity index (χ3n) is 5.27. The number of nitrogens with one attached hydrogen (secondary N) is 2. The highest BCUT2D eigenvalue weighted by Crippen LogP contribution is 2.35. The number of fused-ring (bicyclic) bond motifs is 2. The van der Waals surface area contributed by atoms with Crippen LogP contribution in [0.25, 0.3) is 0 Å². The van der Waals surface area contributed by atoms with Gasteiger partial charge in [-0.25, -0.2) is 0 Å². The van der Waals surface area contributed by atoms with Crippen LogP contribution in [0.5, 0.6) is 0 Å². The first-order valence-corrected chi connectivity index (χ1v) is 10.5. The van der Waals surface area contributed by atoms with Crippen molar-refractivity contribution in [3.63, 3.8) is 0 Å². The SMILES string of the molecule is CN(C)CCCNc1cccc2c1C(=O)c1c(NCCCN(C)C)cccc1C2=O.Cl. The lowest BCUT2D eigenvalue weighted by molar-refractivity contribution is 0.0980. The van der Waals surface area contributed by atoms with Crippen LogP contribution in [0.2, 0.25) is 0 Å². The van der Waals surface area contributed by atoms with Gasteiger partial charge < -0.3 is 20.4 Å². The normalized spacial score (nSPS) is 12.5. The van der Waals surface area contributed by atoms with Gasteiger partial charge in [0.1, 0.15) is 0 Å². The van der Waals surface area contributed by atoms with Crippen LogP contribution in [0, 0.1) is 0 Å². The summed E-state index contributed by atoms with van der Waals surface area (Å²) >= 11 is 0. The van der Waals surface area contributed by atoms with Crippen LogP contribution < -0.4 is 10.6 Å².